The molecule has 1 fully saturated rings. The van der Waals surface area contributed by atoms with Gasteiger partial charge in [0.05, 0.1) is 18.3 Å². The molecule has 1 saturated carbocycles. The van der Waals surface area contributed by atoms with Crippen LogP contribution in [-0.2, 0) is 9.53 Å². The predicted octanol–water partition coefficient (Wildman–Crippen LogP) is 3.46. The third-order valence-electron chi connectivity index (χ3n) is 5.21. The van der Waals surface area contributed by atoms with Crippen molar-refractivity contribution in [2.45, 2.75) is 37.5 Å². The Morgan fingerprint density at radius 2 is 1.96 bits per heavy atom. The Morgan fingerprint density at radius 3 is 2.78 bits per heavy atom. The quantitative estimate of drug-likeness (QED) is 0.535. The molecule has 1 aliphatic rings. The van der Waals surface area contributed by atoms with Crippen LogP contribution in [0.15, 0.2) is 60.8 Å². The molecule has 2 unspecified atom stereocenters. The van der Waals surface area contributed by atoms with Gasteiger partial charge >= 0.3 is 5.97 Å². The molecule has 3 N–H and O–H groups in total. The van der Waals surface area contributed by atoms with Crippen molar-refractivity contribution in [3.8, 4) is 0 Å². The van der Waals surface area contributed by atoms with E-state index < -0.39 is 11.7 Å². The predicted molar refractivity (Wildman–Crippen MR) is 105 cm³/mol. The highest BCUT2D eigenvalue weighted by atomic mass is 16.6. The lowest BCUT2D eigenvalue weighted by Crippen LogP contribution is -2.53. The number of hydrogen-bond donors (Lipinski definition) is 2. The van der Waals surface area contributed by atoms with Gasteiger partial charge in [-0.1, -0.05) is 42.8 Å². The molecule has 4 rings (SSSR count). The molecule has 0 radical (unpaired) electrons. The van der Waals surface area contributed by atoms with E-state index in [-0.39, 0.29) is 12.6 Å². The van der Waals surface area contributed by atoms with E-state index in [0.717, 1.165) is 35.9 Å². The number of aromatic nitrogens is 2. The second-order valence-electron chi connectivity index (χ2n) is 6.97. The fraction of sp³-hybridized carbons (Fsp3) is 0.333. The largest absolute Gasteiger partial charge is 0.436 e. The smallest absolute Gasteiger partial charge is 0.321 e. The Hall–Kier alpha value is -2.86. The van der Waals surface area contributed by atoms with Crippen molar-refractivity contribution >= 4 is 22.6 Å². The van der Waals surface area contributed by atoms with Crippen LogP contribution in [0, 0.1) is 0 Å². The Labute approximate surface area is 158 Å². The summed E-state index contributed by atoms with van der Waals surface area (Å²) in [6, 6.07) is 17.8. The number of nitrogens with zero attached hydrogens (tertiary/aromatic N) is 2. The molecule has 27 heavy (non-hydrogen) atoms. The monoisotopic (exact) mass is 364 g/mol. The van der Waals surface area contributed by atoms with E-state index in [0.29, 0.717) is 6.42 Å². The summed E-state index contributed by atoms with van der Waals surface area (Å²) in [6.07, 6.45) is 5.45. The van der Waals surface area contributed by atoms with E-state index >= 15 is 0 Å². The van der Waals surface area contributed by atoms with Crippen LogP contribution in [0.4, 0.5) is 5.69 Å². The van der Waals surface area contributed by atoms with E-state index in [4.69, 9.17) is 10.5 Å². The molecule has 2 aromatic carbocycles. The molecular formula is C21H24N4O2. The highest BCUT2D eigenvalue weighted by Crippen LogP contribution is 2.42. The van der Waals surface area contributed by atoms with E-state index in [1.807, 2.05) is 59.4 Å². The standard InChI is InChI=1S/C21H24N4O2/c22-14-20(26)27-21(24-17-9-2-1-3-10-17)13-7-6-12-19(21)25-18-11-5-4-8-16(18)15-23-25/h1-5,8-11,15,19,24H,6-7,12-14,22H2. The van der Waals surface area contributed by atoms with Crippen molar-refractivity contribution in [3.05, 3.63) is 60.8 Å². The van der Waals surface area contributed by atoms with Crippen molar-refractivity contribution in [3.63, 3.8) is 0 Å². The third kappa shape index (κ3) is 3.40. The molecule has 6 nitrogen and oxygen atoms in total. The number of nitrogens with one attached hydrogen (secondary N) is 1. The van der Waals surface area contributed by atoms with Crippen molar-refractivity contribution in [2.75, 3.05) is 11.9 Å². The molecule has 0 aliphatic heterocycles. The van der Waals surface area contributed by atoms with Crippen molar-refractivity contribution < 1.29 is 9.53 Å². The third-order valence-corrected chi connectivity index (χ3v) is 5.21. The van der Waals surface area contributed by atoms with Gasteiger partial charge < -0.3 is 15.8 Å². The summed E-state index contributed by atoms with van der Waals surface area (Å²) < 4.78 is 7.98. The first-order valence-electron chi connectivity index (χ1n) is 9.39. The molecule has 0 amide bonds. The lowest BCUT2D eigenvalue weighted by Gasteiger charge is -2.44. The average Bonchev–Trinajstić information content (AvgIpc) is 3.13. The first-order chi connectivity index (χ1) is 13.2. The number of para-hydroxylation sites is 2. The number of carbonyl (C=O) groups excluding carboxylic acids is 1. The zero-order valence-electron chi connectivity index (χ0n) is 15.2. The summed E-state index contributed by atoms with van der Waals surface area (Å²) in [7, 11) is 0. The van der Waals surface area contributed by atoms with Crippen LogP contribution in [0.1, 0.15) is 31.7 Å². The highest BCUT2D eigenvalue weighted by molar-refractivity contribution is 5.78. The van der Waals surface area contributed by atoms with Gasteiger partial charge in [0, 0.05) is 17.5 Å². The number of ether oxygens (including phenoxy) is 1. The summed E-state index contributed by atoms with van der Waals surface area (Å²) in [5.41, 5.74) is 6.63. The maximum absolute atomic E-state index is 12.2. The maximum Gasteiger partial charge on any atom is 0.321 e. The first-order valence-corrected chi connectivity index (χ1v) is 9.39. The minimum Gasteiger partial charge on any atom is -0.436 e. The van der Waals surface area contributed by atoms with Gasteiger partial charge in [0.15, 0.2) is 0 Å². The van der Waals surface area contributed by atoms with Crippen LogP contribution in [0.5, 0.6) is 0 Å². The van der Waals surface area contributed by atoms with Gasteiger partial charge in [-0.25, -0.2) is 0 Å². The van der Waals surface area contributed by atoms with Crippen molar-refractivity contribution in [2.24, 2.45) is 5.73 Å². The van der Waals surface area contributed by atoms with Gasteiger partial charge in [-0.2, -0.15) is 5.10 Å². The zero-order valence-corrected chi connectivity index (χ0v) is 15.2. The molecule has 0 spiro atoms. The van der Waals surface area contributed by atoms with E-state index in [1.165, 1.54) is 0 Å². The van der Waals surface area contributed by atoms with E-state index in [9.17, 15) is 4.79 Å². The lowest BCUT2D eigenvalue weighted by molar-refractivity contribution is -0.163. The molecule has 2 atom stereocenters. The number of carbonyl (C=O) groups is 1. The number of fused-ring (bicyclic) bond motifs is 1. The van der Waals surface area contributed by atoms with Crippen molar-refractivity contribution in [1.82, 2.24) is 9.78 Å². The van der Waals surface area contributed by atoms with Crippen LogP contribution >= 0.6 is 0 Å². The molecule has 0 saturated heterocycles. The Morgan fingerprint density at radius 1 is 1.19 bits per heavy atom. The van der Waals surface area contributed by atoms with Crippen LogP contribution < -0.4 is 11.1 Å². The molecule has 0 bridgehead atoms. The highest BCUT2D eigenvalue weighted by Gasteiger charge is 2.46. The number of benzene rings is 2. The van der Waals surface area contributed by atoms with Gasteiger partial charge in [0.1, 0.15) is 6.04 Å². The average molecular weight is 364 g/mol. The van der Waals surface area contributed by atoms with Crippen LogP contribution in [-0.4, -0.2) is 28.0 Å². The fourth-order valence-corrected chi connectivity index (χ4v) is 3.99. The topological polar surface area (TPSA) is 82.2 Å². The SMILES string of the molecule is NCC(=O)OC1(Nc2ccccc2)CCCCC1n1ncc2ccccc21. The molecule has 1 heterocycles. The van der Waals surface area contributed by atoms with Gasteiger partial charge in [-0.15, -0.1) is 0 Å². The van der Waals surface area contributed by atoms with Gasteiger partial charge in [-0.05, 0) is 31.0 Å². The van der Waals surface area contributed by atoms with Gasteiger partial charge in [0.2, 0.25) is 5.72 Å². The lowest BCUT2D eigenvalue weighted by atomic mass is 9.86. The summed E-state index contributed by atoms with van der Waals surface area (Å²) in [5.74, 6) is -0.415. The summed E-state index contributed by atoms with van der Waals surface area (Å²) in [4.78, 5) is 12.2. The zero-order chi connectivity index (χ0) is 18.7. The van der Waals surface area contributed by atoms with Gasteiger partial charge in [-0.3, -0.25) is 9.48 Å². The van der Waals surface area contributed by atoms with Crippen LogP contribution in [0.2, 0.25) is 0 Å². The molecule has 3 aromatic rings. The molecular weight excluding hydrogens is 340 g/mol. The maximum atomic E-state index is 12.2. The molecule has 1 aliphatic carbocycles. The molecule has 6 heteroatoms. The number of hydrogen-bond acceptors (Lipinski definition) is 5. The number of esters is 1. The number of nitrogens with two attached hydrogens (primary N) is 1. The fourth-order valence-electron chi connectivity index (χ4n) is 3.99. The Bertz CT molecular complexity index is 924. The van der Waals surface area contributed by atoms with Crippen LogP contribution in [0.3, 0.4) is 0 Å². The van der Waals surface area contributed by atoms with E-state index in [1.54, 1.807) is 0 Å². The van der Waals surface area contributed by atoms with Crippen molar-refractivity contribution in [1.29, 1.82) is 0 Å². The molecule has 1 aromatic heterocycles. The van der Waals surface area contributed by atoms with Gasteiger partial charge in [0.25, 0.3) is 0 Å². The molecule has 140 valence electrons. The van der Waals surface area contributed by atoms with Crippen LogP contribution in [0.25, 0.3) is 10.9 Å². The van der Waals surface area contributed by atoms with E-state index in [2.05, 4.69) is 16.5 Å². The second-order valence-corrected chi connectivity index (χ2v) is 6.97. The first kappa shape index (κ1) is 17.5. The normalized spacial score (nSPS) is 22.5. The number of rotatable bonds is 5. The minimum absolute atomic E-state index is 0.123. The Kier molecular flexibility index (Phi) is 4.81. The summed E-state index contributed by atoms with van der Waals surface area (Å²) >= 11 is 0. The minimum atomic E-state index is -0.884. The Balaban J connectivity index is 1.79. The summed E-state index contributed by atoms with van der Waals surface area (Å²) in [5, 5.41) is 9.22. The second kappa shape index (κ2) is 7.40. The number of anilines is 1. The summed E-state index contributed by atoms with van der Waals surface area (Å²) in [6.45, 7) is -0.148.